The standard InChI is InChI=1S/C16H17NO3S/c1-20-13-4-2-3-12-11(13)5-8-17-15(12)21-10-16(6-7-16)9-14(18)19/h2-5,8H,6-7,9-10H2,1H3,(H,18,19). The molecule has 0 saturated heterocycles. The number of benzene rings is 1. The van der Waals surface area contributed by atoms with Crippen LogP contribution in [-0.2, 0) is 4.79 Å². The van der Waals surface area contributed by atoms with Crippen LogP contribution in [0, 0.1) is 5.41 Å². The molecule has 110 valence electrons. The van der Waals surface area contributed by atoms with Crippen molar-refractivity contribution in [1.29, 1.82) is 0 Å². The maximum Gasteiger partial charge on any atom is 0.303 e. The zero-order valence-electron chi connectivity index (χ0n) is 11.8. The average Bonchev–Trinajstić information content (AvgIpc) is 3.23. The molecular formula is C16H17NO3S. The molecule has 0 aliphatic heterocycles. The van der Waals surface area contributed by atoms with E-state index in [4.69, 9.17) is 9.84 Å². The lowest BCUT2D eigenvalue weighted by Crippen LogP contribution is -2.11. The van der Waals surface area contributed by atoms with E-state index in [-0.39, 0.29) is 11.8 Å². The number of methoxy groups -OCH3 is 1. The number of pyridine rings is 1. The Labute approximate surface area is 127 Å². The highest BCUT2D eigenvalue weighted by Crippen LogP contribution is 2.52. The van der Waals surface area contributed by atoms with Gasteiger partial charge in [-0.3, -0.25) is 4.79 Å². The van der Waals surface area contributed by atoms with Crippen LogP contribution in [0.3, 0.4) is 0 Å². The molecule has 1 aliphatic carbocycles. The lowest BCUT2D eigenvalue weighted by Gasteiger charge is -2.13. The van der Waals surface area contributed by atoms with E-state index in [1.807, 2.05) is 24.3 Å². The van der Waals surface area contributed by atoms with Crippen LogP contribution in [0.4, 0.5) is 0 Å². The number of aromatic nitrogens is 1. The monoisotopic (exact) mass is 303 g/mol. The second-order valence-electron chi connectivity index (χ2n) is 5.53. The van der Waals surface area contributed by atoms with Crippen molar-refractivity contribution in [2.75, 3.05) is 12.9 Å². The Morgan fingerprint density at radius 1 is 1.38 bits per heavy atom. The number of rotatable bonds is 6. The minimum absolute atomic E-state index is 0.0286. The third-order valence-electron chi connectivity index (χ3n) is 3.95. The van der Waals surface area contributed by atoms with Gasteiger partial charge < -0.3 is 9.84 Å². The zero-order chi connectivity index (χ0) is 14.9. The smallest absolute Gasteiger partial charge is 0.303 e. The lowest BCUT2D eigenvalue weighted by atomic mass is 10.1. The fourth-order valence-corrected chi connectivity index (χ4v) is 3.84. The van der Waals surface area contributed by atoms with Crippen molar-refractivity contribution in [3.63, 3.8) is 0 Å². The van der Waals surface area contributed by atoms with Gasteiger partial charge in [-0.25, -0.2) is 4.98 Å². The summed E-state index contributed by atoms with van der Waals surface area (Å²) in [7, 11) is 1.66. The second-order valence-corrected chi connectivity index (χ2v) is 6.49. The van der Waals surface area contributed by atoms with E-state index >= 15 is 0 Å². The quantitative estimate of drug-likeness (QED) is 0.826. The highest BCUT2D eigenvalue weighted by Gasteiger charge is 2.44. The average molecular weight is 303 g/mol. The Morgan fingerprint density at radius 2 is 2.19 bits per heavy atom. The van der Waals surface area contributed by atoms with Gasteiger partial charge in [-0.05, 0) is 30.4 Å². The van der Waals surface area contributed by atoms with Crippen LogP contribution in [0.5, 0.6) is 5.75 Å². The molecule has 3 rings (SSSR count). The Bertz CT molecular complexity index is 682. The van der Waals surface area contributed by atoms with Gasteiger partial charge in [-0.15, -0.1) is 11.8 Å². The summed E-state index contributed by atoms with van der Waals surface area (Å²) in [5.74, 6) is 0.937. The van der Waals surface area contributed by atoms with Crippen molar-refractivity contribution in [2.24, 2.45) is 5.41 Å². The summed E-state index contributed by atoms with van der Waals surface area (Å²) in [6, 6.07) is 7.87. The van der Waals surface area contributed by atoms with Crippen LogP contribution in [0.1, 0.15) is 19.3 Å². The number of nitrogens with zero attached hydrogens (tertiary/aromatic N) is 1. The maximum absolute atomic E-state index is 10.9. The van der Waals surface area contributed by atoms with E-state index in [2.05, 4.69) is 4.98 Å². The Hall–Kier alpha value is -1.75. The number of ether oxygens (including phenoxy) is 1. The fourth-order valence-electron chi connectivity index (χ4n) is 2.54. The van der Waals surface area contributed by atoms with E-state index in [1.54, 1.807) is 25.1 Å². The molecule has 1 aromatic heterocycles. The van der Waals surface area contributed by atoms with Crippen LogP contribution >= 0.6 is 11.8 Å². The third-order valence-corrected chi connectivity index (χ3v) is 5.30. The van der Waals surface area contributed by atoms with Crippen molar-refractivity contribution < 1.29 is 14.6 Å². The van der Waals surface area contributed by atoms with E-state index < -0.39 is 5.97 Å². The summed E-state index contributed by atoms with van der Waals surface area (Å²) < 4.78 is 5.38. The number of fused-ring (bicyclic) bond motifs is 1. The first-order chi connectivity index (χ1) is 10.1. The first-order valence-corrected chi connectivity index (χ1v) is 7.88. The molecule has 1 fully saturated rings. The molecule has 0 spiro atoms. The molecule has 1 saturated carbocycles. The first-order valence-electron chi connectivity index (χ1n) is 6.90. The number of hydrogen-bond acceptors (Lipinski definition) is 4. The van der Waals surface area contributed by atoms with Crippen LogP contribution in [-0.4, -0.2) is 28.9 Å². The number of carboxylic acid groups (broad SMARTS) is 1. The molecule has 4 nitrogen and oxygen atoms in total. The molecule has 1 N–H and O–H groups in total. The Balaban J connectivity index is 1.83. The number of carbonyl (C=O) groups is 1. The highest BCUT2D eigenvalue weighted by molar-refractivity contribution is 7.99. The van der Waals surface area contributed by atoms with Crippen LogP contribution in [0.25, 0.3) is 10.8 Å². The molecule has 0 radical (unpaired) electrons. The van der Waals surface area contributed by atoms with Crippen molar-refractivity contribution in [2.45, 2.75) is 24.3 Å². The van der Waals surface area contributed by atoms with Crippen LogP contribution in [0.2, 0.25) is 0 Å². The third kappa shape index (κ3) is 2.97. The van der Waals surface area contributed by atoms with Gasteiger partial charge in [0, 0.05) is 22.7 Å². The van der Waals surface area contributed by atoms with E-state index in [0.29, 0.717) is 0 Å². The van der Waals surface area contributed by atoms with Gasteiger partial charge in [0.1, 0.15) is 10.8 Å². The second kappa shape index (κ2) is 5.56. The number of hydrogen-bond donors (Lipinski definition) is 1. The van der Waals surface area contributed by atoms with Crippen LogP contribution in [0.15, 0.2) is 35.5 Å². The molecule has 1 heterocycles. The summed E-state index contributed by atoms with van der Waals surface area (Å²) in [5, 5.41) is 12.0. The van der Waals surface area contributed by atoms with Gasteiger partial charge in [0.15, 0.2) is 0 Å². The molecule has 0 amide bonds. The van der Waals surface area contributed by atoms with Gasteiger partial charge in [0.05, 0.1) is 13.5 Å². The van der Waals surface area contributed by atoms with Crippen molar-refractivity contribution in [3.8, 4) is 5.75 Å². The number of aliphatic carboxylic acids is 1. The highest BCUT2D eigenvalue weighted by atomic mass is 32.2. The molecule has 2 aromatic rings. The number of carboxylic acids is 1. The molecule has 1 aromatic carbocycles. The fraction of sp³-hybridized carbons (Fsp3) is 0.375. The summed E-state index contributed by atoms with van der Waals surface area (Å²) in [6.45, 7) is 0. The normalized spacial score (nSPS) is 15.9. The Morgan fingerprint density at radius 3 is 2.86 bits per heavy atom. The van der Waals surface area contributed by atoms with Gasteiger partial charge in [-0.1, -0.05) is 12.1 Å². The summed E-state index contributed by atoms with van der Waals surface area (Å²) >= 11 is 1.65. The van der Waals surface area contributed by atoms with E-state index in [9.17, 15) is 4.79 Å². The van der Waals surface area contributed by atoms with E-state index in [0.717, 1.165) is 40.1 Å². The molecular weight excluding hydrogens is 286 g/mol. The Kier molecular flexibility index (Phi) is 3.76. The van der Waals surface area contributed by atoms with Crippen LogP contribution < -0.4 is 4.74 Å². The first kappa shape index (κ1) is 14.2. The molecule has 0 bridgehead atoms. The van der Waals surface area contributed by atoms with Gasteiger partial charge in [-0.2, -0.15) is 0 Å². The molecule has 0 unspecified atom stereocenters. The van der Waals surface area contributed by atoms with Crippen molar-refractivity contribution >= 4 is 28.5 Å². The predicted molar refractivity (Wildman–Crippen MR) is 82.9 cm³/mol. The topological polar surface area (TPSA) is 59.4 Å². The zero-order valence-corrected chi connectivity index (χ0v) is 12.7. The summed E-state index contributed by atoms with van der Waals surface area (Å²) in [5.41, 5.74) is -0.0286. The lowest BCUT2D eigenvalue weighted by molar-refractivity contribution is -0.138. The van der Waals surface area contributed by atoms with Gasteiger partial charge in [0.2, 0.25) is 0 Å². The predicted octanol–water partition coefficient (Wildman–Crippen LogP) is 3.59. The van der Waals surface area contributed by atoms with Gasteiger partial charge >= 0.3 is 5.97 Å². The van der Waals surface area contributed by atoms with Crippen molar-refractivity contribution in [3.05, 3.63) is 30.5 Å². The summed E-state index contributed by atoms with van der Waals surface area (Å²) in [6.07, 6.45) is 4.04. The minimum atomic E-state index is -0.708. The number of thioether (sulfide) groups is 1. The summed E-state index contributed by atoms with van der Waals surface area (Å²) in [4.78, 5) is 15.4. The largest absolute Gasteiger partial charge is 0.496 e. The SMILES string of the molecule is COc1cccc2c(SCC3(CC(=O)O)CC3)nccc12. The molecule has 0 atom stereocenters. The minimum Gasteiger partial charge on any atom is -0.496 e. The molecule has 21 heavy (non-hydrogen) atoms. The van der Waals surface area contributed by atoms with Gasteiger partial charge in [0.25, 0.3) is 0 Å². The molecule has 1 aliphatic rings. The molecule has 5 heteroatoms. The maximum atomic E-state index is 10.9. The van der Waals surface area contributed by atoms with Crippen molar-refractivity contribution in [1.82, 2.24) is 4.98 Å². The van der Waals surface area contributed by atoms with E-state index in [1.165, 1.54) is 0 Å².